The highest BCUT2D eigenvalue weighted by atomic mass is 35.5. The predicted octanol–water partition coefficient (Wildman–Crippen LogP) is 4.21. The van der Waals surface area contributed by atoms with Crippen molar-refractivity contribution >= 4 is 46.2 Å². The zero-order chi connectivity index (χ0) is 31.0. The molecule has 4 N–H and O–H groups in total. The van der Waals surface area contributed by atoms with Gasteiger partial charge in [-0.05, 0) is 48.8 Å². The molecule has 0 spiro atoms. The number of hydrogen-bond acceptors (Lipinski definition) is 7. The largest absolute Gasteiger partial charge is 0.447 e. The lowest BCUT2D eigenvalue weighted by Gasteiger charge is -2.28. The summed E-state index contributed by atoms with van der Waals surface area (Å²) in [5, 5.41) is 27.8. The fourth-order valence-electron chi connectivity index (χ4n) is 4.21. The van der Waals surface area contributed by atoms with Crippen molar-refractivity contribution < 1.29 is 23.8 Å². The topological polar surface area (TPSA) is 152 Å². The van der Waals surface area contributed by atoms with Crippen LogP contribution in [0, 0.1) is 17.3 Å². The number of aliphatic hydroxyl groups is 1. The number of benzene rings is 2. The van der Waals surface area contributed by atoms with Crippen molar-refractivity contribution in [3.05, 3.63) is 71.1 Å². The summed E-state index contributed by atoms with van der Waals surface area (Å²) in [6, 6.07) is 13.3. The van der Waals surface area contributed by atoms with Gasteiger partial charge in [0.05, 0.1) is 11.1 Å². The maximum atomic E-state index is 13.8. The average molecular weight is 612 g/mol. The fraction of sp³-hybridized carbons (Fsp3) is 0.367. The molecule has 2 aromatic carbocycles. The van der Waals surface area contributed by atoms with Gasteiger partial charge in [-0.2, -0.15) is 5.26 Å². The number of ether oxygens (including phenoxy) is 1. The van der Waals surface area contributed by atoms with Crippen molar-refractivity contribution in [2.75, 3.05) is 38.7 Å². The number of aliphatic imine (C=N–C) groups is 1. The number of pyridine rings is 1. The van der Waals surface area contributed by atoms with Gasteiger partial charge in [0.25, 0.3) is 0 Å². The van der Waals surface area contributed by atoms with Gasteiger partial charge in [0, 0.05) is 44.7 Å². The molecule has 1 heterocycles. The Labute approximate surface area is 254 Å². The van der Waals surface area contributed by atoms with Gasteiger partial charge in [0.15, 0.2) is 6.19 Å². The van der Waals surface area contributed by atoms with Crippen LogP contribution in [-0.4, -0.2) is 72.3 Å². The molecule has 228 valence electrons. The number of nitriles is 1. The van der Waals surface area contributed by atoms with Gasteiger partial charge < -0.3 is 20.1 Å². The first-order valence-corrected chi connectivity index (χ1v) is 14.2. The number of aromatic nitrogens is 1. The number of aliphatic hydroxyl groups excluding tert-OH is 1. The van der Waals surface area contributed by atoms with E-state index in [1.807, 2.05) is 30.5 Å². The molecule has 0 saturated heterocycles. The second-order valence-electron chi connectivity index (χ2n) is 9.62. The highest BCUT2D eigenvalue weighted by Gasteiger charge is 2.22. The van der Waals surface area contributed by atoms with Crippen molar-refractivity contribution in [3.8, 4) is 6.19 Å². The maximum absolute atomic E-state index is 13.8. The minimum atomic E-state index is -0.713. The number of anilines is 1. The van der Waals surface area contributed by atoms with Crippen LogP contribution in [-0.2, 0) is 16.0 Å². The van der Waals surface area contributed by atoms with Crippen LogP contribution in [0.2, 0.25) is 5.02 Å². The number of hydrogen-bond donors (Lipinski definition) is 4. The van der Waals surface area contributed by atoms with E-state index in [1.54, 1.807) is 31.4 Å². The first-order valence-electron chi connectivity index (χ1n) is 13.8. The molecule has 3 aromatic rings. The normalized spacial score (nSPS) is 11.8. The Morgan fingerprint density at radius 2 is 2.00 bits per heavy atom. The first kappa shape index (κ1) is 33.0. The van der Waals surface area contributed by atoms with Gasteiger partial charge >= 0.3 is 6.09 Å². The van der Waals surface area contributed by atoms with E-state index >= 15 is 0 Å². The molecule has 11 nitrogen and oxygen atoms in total. The Kier molecular flexibility index (Phi) is 13.4. The van der Waals surface area contributed by atoms with Crippen LogP contribution in [0.5, 0.6) is 0 Å². The molecule has 43 heavy (non-hydrogen) atoms. The van der Waals surface area contributed by atoms with Crippen LogP contribution in [0.3, 0.4) is 0 Å². The lowest BCUT2D eigenvalue weighted by molar-refractivity contribution is -0.132. The van der Waals surface area contributed by atoms with Crippen molar-refractivity contribution in [1.82, 2.24) is 20.5 Å². The van der Waals surface area contributed by atoms with Crippen molar-refractivity contribution in [2.24, 2.45) is 4.99 Å². The van der Waals surface area contributed by atoms with Gasteiger partial charge in [-0.15, -0.1) is 0 Å². The lowest BCUT2D eigenvalue weighted by atomic mass is 10.1. The van der Waals surface area contributed by atoms with Crippen LogP contribution in [0.15, 0.2) is 59.7 Å². The number of halogens is 2. The number of rotatable bonds is 14. The molecular weight excluding hydrogens is 577 g/mol. The SMILES string of the molecule is CN(C(=O)CCc1cccc(F)c1Cl)[C@@H](CCCNC(=NCCCO)NC#N)COC(=O)Nc1cc2ccccc2cn1. The molecule has 0 bridgehead atoms. The molecule has 13 heteroatoms. The van der Waals surface area contributed by atoms with Crippen LogP contribution in [0.25, 0.3) is 10.8 Å². The first-order chi connectivity index (χ1) is 20.8. The molecule has 1 aromatic heterocycles. The van der Waals surface area contributed by atoms with Gasteiger partial charge in [0.1, 0.15) is 18.2 Å². The molecule has 0 aliphatic heterocycles. The Balaban J connectivity index is 1.61. The average Bonchev–Trinajstić information content (AvgIpc) is 3.01. The molecule has 0 radical (unpaired) electrons. The van der Waals surface area contributed by atoms with Crippen LogP contribution in [0.4, 0.5) is 15.0 Å². The third-order valence-electron chi connectivity index (χ3n) is 6.62. The standard InChI is InChI=1S/C30H35ClFN7O4/c1-39(27(41)13-12-21-9-4-11-25(32)28(21)31)24(10-5-14-34-29(37-20-33)35-15-6-16-40)19-43-30(42)38-26-17-22-7-2-3-8-23(22)18-36-26/h2-4,7-9,11,17-18,24,40H,5-6,10,12-16,19H2,1H3,(H2,34,35,37)(H,36,38,42)/t24-/m0/s1. The predicted molar refractivity (Wildman–Crippen MR) is 163 cm³/mol. The number of nitrogens with one attached hydrogen (secondary N) is 3. The Morgan fingerprint density at radius 1 is 1.21 bits per heavy atom. The number of fused-ring (bicyclic) bond motifs is 1. The van der Waals surface area contributed by atoms with E-state index in [0.29, 0.717) is 43.7 Å². The maximum Gasteiger partial charge on any atom is 0.412 e. The van der Waals surface area contributed by atoms with E-state index in [-0.39, 0.29) is 42.9 Å². The van der Waals surface area contributed by atoms with E-state index in [0.717, 1.165) is 10.8 Å². The number of carbonyl (C=O) groups is 2. The summed E-state index contributed by atoms with van der Waals surface area (Å²) in [4.78, 5) is 35.7. The molecule has 0 aliphatic rings. The van der Waals surface area contributed by atoms with Gasteiger partial charge in [-0.25, -0.2) is 14.2 Å². The summed E-state index contributed by atoms with van der Waals surface area (Å²) in [6.07, 6.45) is 4.54. The summed E-state index contributed by atoms with van der Waals surface area (Å²) in [6.45, 7) is 0.659. The Hall–Kier alpha value is -4.47. The second kappa shape index (κ2) is 17.5. The molecule has 0 aliphatic carbocycles. The number of likely N-dealkylation sites (N-methyl/N-ethyl adjacent to an activating group) is 1. The number of amides is 2. The Bertz CT molecular complexity index is 1450. The van der Waals surface area contributed by atoms with Gasteiger partial charge in [-0.1, -0.05) is 48.0 Å². The van der Waals surface area contributed by atoms with E-state index in [2.05, 4.69) is 25.9 Å². The van der Waals surface area contributed by atoms with Crippen LogP contribution < -0.4 is 16.0 Å². The summed E-state index contributed by atoms with van der Waals surface area (Å²) in [7, 11) is 1.62. The summed E-state index contributed by atoms with van der Waals surface area (Å²) < 4.78 is 19.3. The number of carbonyl (C=O) groups excluding carboxylic acids is 2. The zero-order valence-corrected chi connectivity index (χ0v) is 24.6. The van der Waals surface area contributed by atoms with E-state index < -0.39 is 18.0 Å². The molecule has 1 atom stereocenters. The summed E-state index contributed by atoms with van der Waals surface area (Å²) >= 11 is 6.05. The number of nitrogens with zero attached hydrogens (tertiary/aromatic N) is 4. The molecule has 0 fully saturated rings. The smallest absolute Gasteiger partial charge is 0.412 e. The fourth-order valence-corrected chi connectivity index (χ4v) is 4.44. The van der Waals surface area contributed by atoms with Crippen molar-refractivity contribution in [1.29, 1.82) is 5.26 Å². The highest BCUT2D eigenvalue weighted by molar-refractivity contribution is 6.31. The monoisotopic (exact) mass is 611 g/mol. The van der Waals surface area contributed by atoms with E-state index in [1.165, 1.54) is 11.0 Å². The zero-order valence-electron chi connectivity index (χ0n) is 23.9. The molecule has 2 amide bonds. The van der Waals surface area contributed by atoms with Crippen molar-refractivity contribution in [3.63, 3.8) is 0 Å². The van der Waals surface area contributed by atoms with Crippen molar-refractivity contribution in [2.45, 2.75) is 38.1 Å². The number of guanidine groups is 1. The van der Waals surface area contributed by atoms with E-state index in [9.17, 15) is 14.0 Å². The second-order valence-corrected chi connectivity index (χ2v) is 10.0. The number of aryl methyl sites for hydroxylation is 1. The third kappa shape index (κ3) is 10.7. The van der Waals surface area contributed by atoms with Crippen LogP contribution in [0.1, 0.15) is 31.2 Å². The lowest BCUT2D eigenvalue weighted by Crippen LogP contribution is -2.42. The Morgan fingerprint density at radius 3 is 2.77 bits per heavy atom. The molecule has 0 saturated carbocycles. The minimum Gasteiger partial charge on any atom is -0.447 e. The van der Waals surface area contributed by atoms with Gasteiger partial charge in [0.2, 0.25) is 11.9 Å². The minimum absolute atomic E-state index is 0.00897. The molecule has 0 unspecified atom stereocenters. The quantitative estimate of drug-likeness (QED) is 0.0695. The van der Waals surface area contributed by atoms with Crippen LogP contribution >= 0.6 is 11.6 Å². The summed E-state index contributed by atoms with van der Waals surface area (Å²) in [5.41, 5.74) is 0.528. The van der Waals surface area contributed by atoms with E-state index in [4.69, 9.17) is 26.7 Å². The molecule has 3 rings (SSSR count). The molecular formula is C30H35ClFN7O4. The summed E-state index contributed by atoms with van der Waals surface area (Å²) in [5.74, 6) is -0.159. The highest BCUT2D eigenvalue weighted by Crippen LogP contribution is 2.22. The third-order valence-corrected chi connectivity index (χ3v) is 7.04. The van der Waals surface area contributed by atoms with Gasteiger partial charge in [-0.3, -0.25) is 20.4 Å².